The van der Waals surface area contributed by atoms with Gasteiger partial charge in [-0.15, -0.1) is 0 Å². The van der Waals surface area contributed by atoms with Crippen molar-refractivity contribution < 1.29 is 29.9 Å². The van der Waals surface area contributed by atoms with Crippen molar-refractivity contribution in [2.45, 2.75) is 26.3 Å². The third-order valence-electron chi connectivity index (χ3n) is 3.71. The minimum Gasteiger partial charge on any atom is -0.504 e. The number of hydrogen-bond acceptors (Lipinski definition) is 5. The molecule has 0 saturated heterocycles. The molecule has 0 radical (unpaired) electrons. The monoisotopic (exact) mass is 325 g/mol. The molecule has 5 N–H and O–H groups in total. The van der Waals surface area contributed by atoms with Crippen LogP contribution < -0.4 is 15.8 Å². The van der Waals surface area contributed by atoms with Gasteiger partial charge in [0.05, 0.1) is 13.7 Å². The summed E-state index contributed by atoms with van der Waals surface area (Å²) < 4.78 is 10.00. The molecule has 2 atom stereocenters. The predicted molar refractivity (Wildman–Crippen MR) is 84.1 cm³/mol. The first-order chi connectivity index (χ1) is 10.9. The smallest absolute Gasteiger partial charge is 0.365 e. The SMILES string of the molecule is CCC(C)[C@H]([NH3+])C(=O)OCCNC(=O)c1ccc(OC)c(O)c1. The normalized spacial score (nSPS) is 13.0. The Bertz CT molecular complexity index is 547. The van der Waals surface area contributed by atoms with Crippen LogP contribution in [0.4, 0.5) is 0 Å². The number of methoxy groups -OCH3 is 1. The summed E-state index contributed by atoms with van der Waals surface area (Å²) in [5.74, 6) is -0.399. The number of quaternary nitrogens is 1. The Labute approximate surface area is 135 Å². The number of aromatic hydroxyl groups is 1. The highest BCUT2D eigenvalue weighted by Gasteiger charge is 2.24. The van der Waals surface area contributed by atoms with E-state index in [0.29, 0.717) is 11.3 Å². The van der Waals surface area contributed by atoms with Gasteiger partial charge in [0, 0.05) is 11.5 Å². The van der Waals surface area contributed by atoms with Crippen LogP contribution in [0.2, 0.25) is 0 Å². The first kappa shape index (κ1) is 18.8. The maximum atomic E-state index is 11.9. The zero-order valence-corrected chi connectivity index (χ0v) is 13.8. The largest absolute Gasteiger partial charge is 0.504 e. The molecule has 0 fully saturated rings. The maximum absolute atomic E-state index is 11.9. The number of esters is 1. The van der Waals surface area contributed by atoms with Crippen LogP contribution in [-0.2, 0) is 9.53 Å². The van der Waals surface area contributed by atoms with Gasteiger partial charge >= 0.3 is 5.97 Å². The van der Waals surface area contributed by atoms with Crippen molar-refractivity contribution in [3.8, 4) is 11.5 Å². The maximum Gasteiger partial charge on any atom is 0.365 e. The number of hydrogen-bond donors (Lipinski definition) is 3. The van der Waals surface area contributed by atoms with Gasteiger partial charge in [-0.1, -0.05) is 13.8 Å². The molecule has 0 aliphatic carbocycles. The third-order valence-corrected chi connectivity index (χ3v) is 3.71. The van der Waals surface area contributed by atoms with E-state index in [1.165, 1.54) is 25.3 Å². The highest BCUT2D eigenvalue weighted by atomic mass is 16.5. The van der Waals surface area contributed by atoms with E-state index in [0.717, 1.165) is 6.42 Å². The number of carbonyl (C=O) groups is 2. The molecular formula is C16H25N2O5+. The number of nitrogens with one attached hydrogen (secondary N) is 1. The van der Waals surface area contributed by atoms with Gasteiger partial charge in [-0.25, -0.2) is 4.79 Å². The number of ether oxygens (including phenoxy) is 2. The standard InChI is InChI=1S/C16H24N2O5/c1-4-10(2)14(17)16(21)23-8-7-18-15(20)11-5-6-13(22-3)12(19)9-11/h5-6,9-10,14,19H,4,7-8,17H2,1-3H3,(H,18,20)/p+1/t10?,14-/m0/s1. The van der Waals surface area contributed by atoms with Gasteiger partial charge in [-0.2, -0.15) is 0 Å². The van der Waals surface area contributed by atoms with Crippen LogP contribution >= 0.6 is 0 Å². The molecule has 7 nitrogen and oxygen atoms in total. The van der Waals surface area contributed by atoms with Crippen molar-refractivity contribution in [1.29, 1.82) is 0 Å². The second-order valence-corrected chi connectivity index (χ2v) is 5.30. The van der Waals surface area contributed by atoms with Crippen molar-refractivity contribution in [3.63, 3.8) is 0 Å². The lowest BCUT2D eigenvalue weighted by atomic mass is 10.0. The Balaban J connectivity index is 2.40. The fraction of sp³-hybridized carbons (Fsp3) is 0.500. The number of phenolic OH excluding ortho intramolecular Hbond substituents is 1. The minimum atomic E-state index is -0.408. The third kappa shape index (κ3) is 5.45. The van der Waals surface area contributed by atoms with E-state index < -0.39 is 6.04 Å². The Kier molecular flexibility index (Phi) is 7.34. The number of amides is 1. The van der Waals surface area contributed by atoms with Gasteiger partial charge in [0.1, 0.15) is 6.61 Å². The molecule has 1 aromatic rings. The molecule has 1 unspecified atom stereocenters. The van der Waals surface area contributed by atoms with Crippen LogP contribution in [-0.4, -0.2) is 43.3 Å². The first-order valence-corrected chi connectivity index (χ1v) is 7.55. The Morgan fingerprint density at radius 3 is 2.65 bits per heavy atom. The average molecular weight is 325 g/mol. The molecule has 0 heterocycles. The lowest BCUT2D eigenvalue weighted by molar-refractivity contribution is -0.420. The van der Waals surface area contributed by atoms with Crippen LogP contribution in [0.25, 0.3) is 0 Å². The molecule has 0 aliphatic heterocycles. The van der Waals surface area contributed by atoms with Gasteiger partial charge in [-0.05, 0) is 24.6 Å². The van der Waals surface area contributed by atoms with Crippen LogP contribution in [0.1, 0.15) is 30.6 Å². The second kappa shape index (κ2) is 8.99. The van der Waals surface area contributed by atoms with Crippen LogP contribution in [0.5, 0.6) is 11.5 Å². The number of rotatable bonds is 8. The van der Waals surface area contributed by atoms with E-state index in [2.05, 4.69) is 11.1 Å². The van der Waals surface area contributed by atoms with E-state index in [9.17, 15) is 14.7 Å². The van der Waals surface area contributed by atoms with E-state index in [1.54, 1.807) is 0 Å². The van der Waals surface area contributed by atoms with E-state index in [-0.39, 0.29) is 36.7 Å². The summed E-state index contributed by atoms with van der Waals surface area (Å²) in [6.45, 7) is 4.19. The average Bonchev–Trinajstić information content (AvgIpc) is 2.56. The van der Waals surface area contributed by atoms with Gasteiger partial charge < -0.3 is 25.6 Å². The summed E-state index contributed by atoms with van der Waals surface area (Å²) in [6, 6.07) is 3.95. The van der Waals surface area contributed by atoms with Crippen molar-refractivity contribution in [2.75, 3.05) is 20.3 Å². The van der Waals surface area contributed by atoms with Gasteiger partial charge in [0.15, 0.2) is 17.5 Å². The molecule has 1 rings (SSSR count). The molecule has 0 bridgehead atoms. The summed E-state index contributed by atoms with van der Waals surface area (Å²) in [6.07, 6.45) is 0.848. The lowest BCUT2D eigenvalue weighted by Crippen LogP contribution is -2.68. The molecule has 0 spiro atoms. The molecule has 0 aromatic heterocycles. The molecule has 0 aliphatic rings. The predicted octanol–water partition coefficient (Wildman–Crippen LogP) is 0.330. The zero-order chi connectivity index (χ0) is 17.4. The highest BCUT2D eigenvalue weighted by Crippen LogP contribution is 2.25. The molecule has 1 amide bonds. The van der Waals surface area contributed by atoms with Gasteiger partial charge in [0.25, 0.3) is 5.91 Å². The molecule has 7 heteroatoms. The molecule has 128 valence electrons. The highest BCUT2D eigenvalue weighted by molar-refractivity contribution is 5.94. The first-order valence-electron chi connectivity index (χ1n) is 7.55. The molecule has 23 heavy (non-hydrogen) atoms. The van der Waals surface area contributed by atoms with Crippen LogP contribution in [0.15, 0.2) is 18.2 Å². The van der Waals surface area contributed by atoms with Crippen LogP contribution in [0, 0.1) is 5.92 Å². The Morgan fingerprint density at radius 2 is 2.09 bits per heavy atom. The number of carbonyl (C=O) groups excluding carboxylic acids is 2. The Hall–Kier alpha value is -2.28. The molecular weight excluding hydrogens is 300 g/mol. The topological polar surface area (TPSA) is 112 Å². The van der Waals surface area contributed by atoms with Gasteiger partial charge in [0.2, 0.25) is 0 Å². The molecule has 1 aromatic carbocycles. The summed E-state index contributed by atoms with van der Waals surface area (Å²) in [5, 5.41) is 12.3. The minimum absolute atomic E-state index is 0.0785. The van der Waals surface area contributed by atoms with Crippen molar-refractivity contribution in [3.05, 3.63) is 23.8 Å². The van der Waals surface area contributed by atoms with Crippen molar-refractivity contribution in [1.82, 2.24) is 5.32 Å². The summed E-state index contributed by atoms with van der Waals surface area (Å²) in [7, 11) is 1.43. The van der Waals surface area contributed by atoms with E-state index in [1.807, 2.05) is 13.8 Å². The van der Waals surface area contributed by atoms with E-state index >= 15 is 0 Å². The summed E-state index contributed by atoms with van der Waals surface area (Å²) in [5.41, 5.74) is 4.09. The quantitative estimate of drug-likeness (QED) is 0.471. The van der Waals surface area contributed by atoms with Crippen LogP contribution in [0.3, 0.4) is 0 Å². The lowest BCUT2D eigenvalue weighted by Gasteiger charge is -2.14. The number of phenols is 1. The van der Waals surface area contributed by atoms with E-state index in [4.69, 9.17) is 9.47 Å². The zero-order valence-electron chi connectivity index (χ0n) is 13.8. The van der Waals surface area contributed by atoms with Gasteiger partial charge in [-0.3, -0.25) is 4.79 Å². The Morgan fingerprint density at radius 1 is 1.39 bits per heavy atom. The fourth-order valence-electron chi connectivity index (χ4n) is 1.87. The van der Waals surface area contributed by atoms with Crippen molar-refractivity contribution in [2.24, 2.45) is 5.92 Å². The summed E-state index contributed by atoms with van der Waals surface area (Å²) >= 11 is 0. The number of benzene rings is 1. The molecule has 0 saturated carbocycles. The summed E-state index contributed by atoms with van der Waals surface area (Å²) in [4.78, 5) is 23.6. The second-order valence-electron chi connectivity index (χ2n) is 5.30. The van der Waals surface area contributed by atoms with Crippen molar-refractivity contribution >= 4 is 11.9 Å². The fourth-order valence-corrected chi connectivity index (χ4v) is 1.87.